The molecule has 2 N–H and O–H groups in total. The molecule has 0 radical (unpaired) electrons. The van der Waals surface area contributed by atoms with Crippen LogP contribution in [-0.4, -0.2) is 30.7 Å². The molecule has 0 aromatic heterocycles. The first-order valence-electron chi connectivity index (χ1n) is 7.27. The lowest BCUT2D eigenvalue weighted by atomic mass is 9.92. The van der Waals surface area contributed by atoms with Gasteiger partial charge in [-0.15, -0.1) is 0 Å². The van der Waals surface area contributed by atoms with Gasteiger partial charge in [-0.25, -0.2) is 15.5 Å². The summed E-state index contributed by atoms with van der Waals surface area (Å²) in [5, 5.41) is 6.46. The van der Waals surface area contributed by atoms with Gasteiger partial charge in [-0.1, -0.05) is 26.7 Å². The Hall–Kier alpha value is -0.690. The van der Waals surface area contributed by atoms with E-state index in [-0.39, 0.29) is 18.1 Å². The van der Waals surface area contributed by atoms with Gasteiger partial charge in [-0.05, 0) is 19.3 Å². The molecule has 1 aliphatic heterocycles. The highest BCUT2D eigenvalue weighted by atomic mass is 17.2. The summed E-state index contributed by atoms with van der Waals surface area (Å²) in [5.74, 6) is -0.321. The van der Waals surface area contributed by atoms with Crippen molar-refractivity contribution >= 4 is 5.97 Å². The maximum Gasteiger partial charge on any atom is 0.366 e. The van der Waals surface area contributed by atoms with Crippen LogP contribution in [0.1, 0.15) is 52.4 Å². The van der Waals surface area contributed by atoms with Crippen molar-refractivity contribution < 1.29 is 19.3 Å². The highest BCUT2D eigenvalue weighted by Gasteiger charge is 2.50. The first-order chi connectivity index (χ1) is 9.19. The number of ether oxygens (including phenoxy) is 1. The zero-order valence-corrected chi connectivity index (χ0v) is 11.7. The van der Waals surface area contributed by atoms with Crippen molar-refractivity contribution in [3.05, 3.63) is 0 Å². The average Bonchev–Trinajstić information content (AvgIpc) is 2.77. The van der Waals surface area contributed by atoms with Crippen LogP contribution in [0.4, 0.5) is 0 Å². The van der Waals surface area contributed by atoms with Crippen LogP contribution in [0.3, 0.4) is 0 Å². The maximum atomic E-state index is 11.6. The molecule has 2 unspecified atom stereocenters. The molecule has 1 saturated carbocycles. The van der Waals surface area contributed by atoms with E-state index in [1.165, 1.54) is 12.8 Å². The van der Waals surface area contributed by atoms with Crippen LogP contribution < -0.4 is 10.6 Å². The van der Waals surface area contributed by atoms with Gasteiger partial charge >= 0.3 is 12.0 Å². The molecule has 2 atom stereocenters. The molecule has 1 heterocycles. The molecular weight excluding hydrogens is 248 g/mol. The SMILES string of the molecule is CCCOOC1(OC(=O)CC)NC2CCCCC2N1. The summed E-state index contributed by atoms with van der Waals surface area (Å²) >= 11 is 0. The van der Waals surface area contributed by atoms with Crippen molar-refractivity contribution in [1.82, 2.24) is 10.6 Å². The van der Waals surface area contributed by atoms with Crippen LogP contribution in [0.15, 0.2) is 0 Å². The van der Waals surface area contributed by atoms with E-state index < -0.39 is 6.03 Å². The van der Waals surface area contributed by atoms with Crippen molar-refractivity contribution in [1.29, 1.82) is 0 Å². The molecule has 6 heteroatoms. The molecule has 6 nitrogen and oxygen atoms in total. The van der Waals surface area contributed by atoms with Crippen LogP contribution in [0.2, 0.25) is 0 Å². The Labute approximate surface area is 114 Å². The minimum atomic E-state index is -1.32. The lowest BCUT2D eigenvalue weighted by Gasteiger charge is -2.27. The summed E-state index contributed by atoms with van der Waals surface area (Å²) in [6.07, 6.45) is 5.62. The lowest BCUT2D eigenvalue weighted by Crippen LogP contribution is -2.56. The molecule has 0 bridgehead atoms. The van der Waals surface area contributed by atoms with Gasteiger partial charge in [-0.3, -0.25) is 4.79 Å². The second kappa shape index (κ2) is 6.65. The number of carbonyl (C=O) groups excluding carboxylic acids is 1. The number of rotatable bonds is 6. The smallest absolute Gasteiger partial charge is 0.366 e. The lowest BCUT2D eigenvalue weighted by molar-refractivity contribution is -0.433. The van der Waals surface area contributed by atoms with E-state index in [0.717, 1.165) is 19.3 Å². The van der Waals surface area contributed by atoms with Gasteiger partial charge in [0.05, 0.1) is 6.61 Å². The molecule has 2 fully saturated rings. The summed E-state index contributed by atoms with van der Waals surface area (Å²) in [4.78, 5) is 22.0. The minimum absolute atomic E-state index is 0.267. The third-order valence-electron chi connectivity index (χ3n) is 3.53. The number of nitrogens with one attached hydrogen (secondary N) is 2. The van der Waals surface area contributed by atoms with Gasteiger partial charge < -0.3 is 4.74 Å². The summed E-state index contributed by atoms with van der Waals surface area (Å²) in [7, 11) is 0. The van der Waals surface area contributed by atoms with Gasteiger partial charge in [0.15, 0.2) is 0 Å². The summed E-state index contributed by atoms with van der Waals surface area (Å²) in [6.45, 7) is 4.21. The van der Waals surface area contributed by atoms with Crippen LogP contribution >= 0.6 is 0 Å². The maximum absolute atomic E-state index is 11.6. The molecule has 1 saturated heterocycles. The highest BCUT2D eigenvalue weighted by Crippen LogP contribution is 2.28. The molecule has 1 aliphatic carbocycles. The van der Waals surface area contributed by atoms with E-state index in [2.05, 4.69) is 10.6 Å². The third kappa shape index (κ3) is 3.66. The summed E-state index contributed by atoms with van der Waals surface area (Å²) < 4.78 is 5.38. The van der Waals surface area contributed by atoms with Crippen LogP contribution in [-0.2, 0) is 19.3 Å². The zero-order chi connectivity index (χ0) is 13.7. The standard InChI is InChI=1S/C13H24N2O4/c1-3-9-17-19-13(18-12(16)4-2)14-10-7-5-6-8-11(10)15-13/h10-11,14-15H,3-9H2,1-2H3. The summed E-state index contributed by atoms with van der Waals surface area (Å²) in [5.41, 5.74) is 0. The number of carbonyl (C=O) groups is 1. The fourth-order valence-electron chi connectivity index (χ4n) is 2.57. The van der Waals surface area contributed by atoms with Crippen molar-refractivity contribution in [2.45, 2.75) is 70.5 Å². The highest BCUT2D eigenvalue weighted by molar-refractivity contribution is 5.69. The molecule has 0 spiro atoms. The van der Waals surface area contributed by atoms with E-state index in [1.54, 1.807) is 6.92 Å². The second-order valence-electron chi connectivity index (χ2n) is 5.14. The van der Waals surface area contributed by atoms with Crippen molar-refractivity contribution in [3.8, 4) is 0 Å². The molecular formula is C13H24N2O4. The monoisotopic (exact) mass is 272 g/mol. The first kappa shape index (κ1) is 14.7. The van der Waals surface area contributed by atoms with E-state index in [0.29, 0.717) is 13.0 Å². The zero-order valence-electron chi connectivity index (χ0n) is 11.7. The number of esters is 1. The number of hydrogen-bond acceptors (Lipinski definition) is 6. The Balaban J connectivity index is 1.99. The fraction of sp³-hybridized carbons (Fsp3) is 0.923. The van der Waals surface area contributed by atoms with E-state index in [9.17, 15) is 4.79 Å². The van der Waals surface area contributed by atoms with Gasteiger partial charge in [-0.2, -0.15) is 4.89 Å². The Morgan fingerprint density at radius 1 is 1.21 bits per heavy atom. The molecule has 2 aliphatic rings. The first-order valence-corrected chi connectivity index (χ1v) is 7.27. The Bertz CT molecular complexity index is 297. The summed E-state index contributed by atoms with van der Waals surface area (Å²) in [6, 6.07) is -0.783. The van der Waals surface area contributed by atoms with E-state index in [1.807, 2.05) is 6.92 Å². The molecule has 2 rings (SSSR count). The molecule has 0 aromatic carbocycles. The average molecular weight is 272 g/mol. The predicted molar refractivity (Wildman–Crippen MR) is 68.8 cm³/mol. The van der Waals surface area contributed by atoms with Crippen molar-refractivity contribution in [2.24, 2.45) is 0 Å². The quantitative estimate of drug-likeness (QED) is 0.250. The van der Waals surface area contributed by atoms with Crippen LogP contribution in [0.5, 0.6) is 0 Å². The number of hydrogen-bond donors (Lipinski definition) is 2. The molecule has 110 valence electrons. The van der Waals surface area contributed by atoms with Gasteiger partial charge in [0, 0.05) is 18.5 Å². The van der Waals surface area contributed by atoms with E-state index >= 15 is 0 Å². The van der Waals surface area contributed by atoms with Crippen LogP contribution in [0, 0.1) is 0 Å². The fourth-order valence-corrected chi connectivity index (χ4v) is 2.57. The topological polar surface area (TPSA) is 68.8 Å². The normalized spacial score (nSPS) is 34.0. The van der Waals surface area contributed by atoms with Gasteiger partial charge in [0.2, 0.25) is 0 Å². The third-order valence-corrected chi connectivity index (χ3v) is 3.53. The van der Waals surface area contributed by atoms with Crippen LogP contribution in [0.25, 0.3) is 0 Å². The van der Waals surface area contributed by atoms with Crippen molar-refractivity contribution in [3.63, 3.8) is 0 Å². The Morgan fingerprint density at radius 3 is 2.37 bits per heavy atom. The Kier molecular flexibility index (Phi) is 5.15. The predicted octanol–water partition coefficient (Wildman–Crippen LogP) is 1.41. The second-order valence-corrected chi connectivity index (χ2v) is 5.14. The largest absolute Gasteiger partial charge is 0.403 e. The van der Waals surface area contributed by atoms with Gasteiger partial charge in [0.25, 0.3) is 0 Å². The molecule has 0 aromatic rings. The molecule has 19 heavy (non-hydrogen) atoms. The molecule has 0 amide bonds. The Morgan fingerprint density at radius 2 is 1.84 bits per heavy atom. The number of fused-ring (bicyclic) bond motifs is 1. The van der Waals surface area contributed by atoms with E-state index in [4.69, 9.17) is 14.5 Å². The minimum Gasteiger partial charge on any atom is -0.403 e. The van der Waals surface area contributed by atoms with Gasteiger partial charge in [0.1, 0.15) is 0 Å². The van der Waals surface area contributed by atoms with Crippen molar-refractivity contribution in [2.75, 3.05) is 6.61 Å².